The molecule has 2 N–H and O–H groups in total. The Hall–Kier alpha value is -0.970. The highest BCUT2D eigenvalue weighted by molar-refractivity contribution is 14.0. The van der Waals surface area contributed by atoms with Crippen molar-refractivity contribution < 1.29 is 18.3 Å². The minimum absolute atomic E-state index is 0. The van der Waals surface area contributed by atoms with E-state index in [4.69, 9.17) is 4.74 Å². The van der Waals surface area contributed by atoms with Gasteiger partial charge in [0, 0.05) is 24.9 Å². The number of aliphatic imine (C=N–C) groups is 1. The van der Waals surface area contributed by atoms with Crippen molar-refractivity contribution in [1.82, 2.24) is 10.6 Å². The zero-order chi connectivity index (χ0) is 19.0. The van der Waals surface area contributed by atoms with Gasteiger partial charge in [-0.25, -0.2) is 0 Å². The van der Waals surface area contributed by atoms with Gasteiger partial charge in [0.05, 0.1) is 6.61 Å². The van der Waals surface area contributed by atoms with Crippen molar-refractivity contribution in [1.29, 1.82) is 0 Å². The number of hydrogen-bond donors (Lipinski definition) is 2. The number of nitrogens with zero attached hydrogens (tertiary/aromatic N) is 1. The molecular weight excluding hydrogens is 487 g/mol. The summed E-state index contributed by atoms with van der Waals surface area (Å²) < 4.78 is 35.1. The fourth-order valence-electron chi connectivity index (χ4n) is 2.78. The van der Waals surface area contributed by atoms with Gasteiger partial charge in [0.15, 0.2) is 17.5 Å². The minimum atomic E-state index is -2.88. The van der Waals surface area contributed by atoms with E-state index in [0.717, 1.165) is 12.1 Å². The van der Waals surface area contributed by atoms with Crippen molar-refractivity contribution in [3.05, 3.63) is 23.8 Å². The van der Waals surface area contributed by atoms with Crippen molar-refractivity contribution >= 4 is 41.7 Å². The van der Waals surface area contributed by atoms with E-state index in [-0.39, 0.29) is 34.5 Å². The van der Waals surface area contributed by atoms with E-state index in [9.17, 15) is 8.78 Å². The van der Waals surface area contributed by atoms with Crippen LogP contribution in [0, 0.1) is 0 Å². The maximum absolute atomic E-state index is 12.5. The van der Waals surface area contributed by atoms with Gasteiger partial charge in [-0.2, -0.15) is 20.5 Å². The largest absolute Gasteiger partial charge is 0.490 e. The molecule has 1 fully saturated rings. The topological polar surface area (TPSA) is 54.9 Å². The molecule has 0 bridgehead atoms. The second kappa shape index (κ2) is 11.8. The third-order valence-electron chi connectivity index (χ3n) is 4.14. The SMILES string of the molecule is CCOc1cc(CNC(=NC)NCC2(C)CCCS2)ccc1OC(F)F.I. The molecule has 0 spiro atoms. The standard InChI is InChI=1S/C18H27F2N3O2S.HI/c1-4-24-15-10-13(6-7-14(15)25-16(19)20)11-22-17(21-3)23-12-18(2)8-5-9-26-18;/h6-7,10,16H,4-5,8-9,11-12H2,1-3H3,(H2,21,22,23);1H. The molecule has 2 rings (SSSR count). The Morgan fingerprint density at radius 3 is 2.70 bits per heavy atom. The van der Waals surface area contributed by atoms with Gasteiger partial charge in [-0.15, -0.1) is 24.0 Å². The quantitative estimate of drug-likeness (QED) is 0.308. The monoisotopic (exact) mass is 515 g/mol. The summed E-state index contributed by atoms with van der Waals surface area (Å²) in [6.45, 7) is 2.90. The average molecular weight is 515 g/mol. The van der Waals surface area contributed by atoms with Crippen LogP contribution in [-0.4, -0.2) is 43.3 Å². The third kappa shape index (κ3) is 7.89. The fourth-order valence-corrected chi connectivity index (χ4v) is 4.02. The normalized spacial score (nSPS) is 19.6. The molecule has 1 aliphatic rings. The van der Waals surface area contributed by atoms with E-state index < -0.39 is 6.61 Å². The van der Waals surface area contributed by atoms with E-state index >= 15 is 0 Å². The molecule has 0 amide bonds. The van der Waals surface area contributed by atoms with Crippen molar-refractivity contribution in [2.75, 3.05) is 26.0 Å². The number of ether oxygens (including phenoxy) is 2. The average Bonchev–Trinajstić information content (AvgIpc) is 3.04. The van der Waals surface area contributed by atoms with Crippen LogP contribution >= 0.6 is 35.7 Å². The van der Waals surface area contributed by atoms with Gasteiger partial charge in [-0.1, -0.05) is 6.07 Å². The van der Waals surface area contributed by atoms with E-state index in [2.05, 4.69) is 27.3 Å². The molecule has 5 nitrogen and oxygen atoms in total. The zero-order valence-corrected chi connectivity index (χ0v) is 19.0. The Morgan fingerprint density at radius 1 is 1.33 bits per heavy atom. The molecule has 1 aromatic carbocycles. The fraction of sp³-hybridized carbons (Fsp3) is 0.611. The Balaban J connectivity index is 0.00000364. The number of guanidine groups is 1. The molecule has 27 heavy (non-hydrogen) atoms. The number of rotatable bonds is 8. The molecule has 0 radical (unpaired) electrons. The maximum Gasteiger partial charge on any atom is 0.387 e. The van der Waals surface area contributed by atoms with E-state index in [1.165, 1.54) is 24.7 Å². The minimum Gasteiger partial charge on any atom is -0.490 e. The van der Waals surface area contributed by atoms with Crippen LogP contribution in [0.1, 0.15) is 32.3 Å². The van der Waals surface area contributed by atoms with Crippen LogP contribution in [0.5, 0.6) is 11.5 Å². The summed E-state index contributed by atoms with van der Waals surface area (Å²) in [7, 11) is 1.73. The lowest BCUT2D eigenvalue weighted by Crippen LogP contribution is -2.43. The molecule has 1 unspecified atom stereocenters. The lowest BCUT2D eigenvalue weighted by Gasteiger charge is -2.24. The van der Waals surface area contributed by atoms with E-state index in [1.54, 1.807) is 26.1 Å². The highest BCUT2D eigenvalue weighted by atomic mass is 127. The van der Waals surface area contributed by atoms with Gasteiger partial charge in [-0.05, 0) is 50.1 Å². The molecule has 1 aliphatic heterocycles. The van der Waals surface area contributed by atoms with Gasteiger partial charge in [0.2, 0.25) is 0 Å². The van der Waals surface area contributed by atoms with Crippen LogP contribution in [0.15, 0.2) is 23.2 Å². The number of nitrogens with one attached hydrogen (secondary N) is 2. The maximum atomic E-state index is 12.5. The first-order chi connectivity index (χ1) is 12.5. The van der Waals surface area contributed by atoms with Crippen LogP contribution in [0.3, 0.4) is 0 Å². The number of thioether (sulfide) groups is 1. The molecule has 1 saturated heterocycles. The Labute approximate surface area is 181 Å². The first-order valence-electron chi connectivity index (χ1n) is 8.75. The molecule has 1 atom stereocenters. The number of alkyl halides is 2. The zero-order valence-electron chi connectivity index (χ0n) is 15.9. The highest BCUT2D eigenvalue weighted by Crippen LogP contribution is 2.36. The van der Waals surface area contributed by atoms with Gasteiger partial charge in [0.1, 0.15) is 0 Å². The second-order valence-electron chi connectivity index (χ2n) is 6.27. The second-order valence-corrected chi connectivity index (χ2v) is 7.96. The molecule has 0 saturated carbocycles. The summed E-state index contributed by atoms with van der Waals surface area (Å²) >= 11 is 1.99. The number of halogens is 3. The van der Waals surface area contributed by atoms with Crippen LogP contribution in [-0.2, 0) is 6.54 Å². The van der Waals surface area contributed by atoms with Crippen LogP contribution in [0.2, 0.25) is 0 Å². The van der Waals surface area contributed by atoms with E-state index in [0.29, 0.717) is 24.9 Å². The molecule has 1 heterocycles. The Morgan fingerprint density at radius 2 is 2.11 bits per heavy atom. The first kappa shape index (κ1) is 24.1. The summed E-state index contributed by atoms with van der Waals surface area (Å²) in [6.07, 6.45) is 2.45. The van der Waals surface area contributed by atoms with Crippen molar-refractivity contribution in [3.63, 3.8) is 0 Å². The highest BCUT2D eigenvalue weighted by Gasteiger charge is 2.29. The lowest BCUT2D eigenvalue weighted by atomic mass is 10.1. The predicted octanol–water partition coefficient (Wildman–Crippen LogP) is 4.26. The predicted molar refractivity (Wildman–Crippen MR) is 118 cm³/mol. The van der Waals surface area contributed by atoms with Crippen molar-refractivity contribution in [3.8, 4) is 11.5 Å². The van der Waals surface area contributed by atoms with Crippen molar-refractivity contribution in [2.24, 2.45) is 4.99 Å². The summed E-state index contributed by atoms with van der Waals surface area (Å²) in [5.41, 5.74) is 0.888. The van der Waals surface area contributed by atoms with Gasteiger partial charge in [-0.3, -0.25) is 4.99 Å². The summed E-state index contributed by atoms with van der Waals surface area (Å²) in [4.78, 5) is 4.24. The number of benzene rings is 1. The summed E-state index contributed by atoms with van der Waals surface area (Å²) in [6, 6.07) is 4.94. The molecule has 154 valence electrons. The van der Waals surface area contributed by atoms with E-state index in [1.807, 2.05) is 11.8 Å². The van der Waals surface area contributed by atoms with Gasteiger partial charge in [0.25, 0.3) is 0 Å². The van der Waals surface area contributed by atoms with Gasteiger partial charge < -0.3 is 20.1 Å². The lowest BCUT2D eigenvalue weighted by molar-refractivity contribution is -0.0514. The van der Waals surface area contributed by atoms with Gasteiger partial charge >= 0.3 is 6.61 Å². The Kier molecular flexibility index (Phi) is 10.5. The Bertz CT molecular complexity index is 614. The van der Waals surface area contributed by atoms with Crippen LogP contribution in [0.25, 0.3) is 0 Å². The number of hydrogen-bond acceptors (Lipinski definition) is 4. The van der Waals surface area contributed by atoms with Crippen LogP contribution < -0.4 is 20.1 Å². The van der Waals surface area contributed by atoms with Crippen molar-refractivity contribution in [2.45, 2.75) is 44.6 Å². The summed E-state index contributed by atoms with van der Waals surface area (Å²) in [5, 5.41) is 6.60. The molecule has 1 aromatic rings. The third-order valence-corrected chi connectivity index (χ3v) is 5.68. The molecule has 0 aliphatic carbocycles. The first-order valence-corrected chi connectivity index (χ1v) is 9.73. The summed E-state index contributed by atoms with van der Waals surface area (Å²) in [5.74, 6) is 2.27. The smallest absolute Gasteiger partial charge is 0.387 e. The molecule has 9 heteroatoms. The molecule has 0 aromatic heterocycles. The van der Waals surface area contributed by atoms with Crippen LogP contribution in [0.4, 0.5) is 8.78 Å². The molecular formula is C18H28F2IN3O2S.